The highest BCUT2D eigenvalue weighted by molar-refractivity contribution is 6.30. The lowest BCUT2D eigenvalue weighted by atomic mass is 10.1. The second kappa shape index (κ2) is 9.77. The lowest BCUT2D eigenvalue weighted by molar-refractivity contribution is -0.386. The molecule has 0 saturated carbocycles. The van der Waals surface area contributed by atoms with Crippen molar-refractivity contribution in [2.24, 2.45) is 0 Å². The van der Waals surface area contributed by atoms with Gasteiger partial charge < -0.3 is 19.8 Å². The van der Waals surface area contributed by atoms with Crippen molar-refractivity contribution in [2.45, 2.75) is 13.5 Å². The molecule has 2 N–H and O–H groups in total. The van der Waals surface area contributed by atoms with Gasteiger partial charge in [-0.2, -0.15) is 5.26 Å². The number of likely N-dealkylation sites (N-methyl/N-ethyl adjacent to an activating group) is 1. The minimum Gasteiger partial charge on any atom is -0.506 e. The first-order valence-corrected chi connectivity index (χ1v) is 9.15. The summed E-state index contributed by atoms with van der Waals surface area (Å²) in [6.07, 6.45) is 0. The Bertz CT molecular complexity index is 1110. The number of carbonyl (C=O) groups is 1. The first kappa shape index (κ1) is 23.4. The molecule has 2 aromatic carbocycles. The van der Waals surface area contributed by atoms with E-state index in [0.717, 1.165) is 23.1 Å². The minimum atomic E-state index is -0.965. The molecule has 0 fully saturated rings. The Morgan fingerprint density at radius 3 is 2.65 bits per heavy atom. The van der Waals surface area contributed by atoms with Gasteiger partial charge in [0.25, 0.3) is 5.91 Å². The summed E-state index contributed by atoms with van der Waals surface area (Å²) < 4.78 is 19.1. The standard InChI is InChI=1S/C20H17ClFN3O6/c1-3-31-17-8-11(7-16(19(17)27)25(29)30)18(26)14(9-23)20(28)24(2)10-12-6-13(21)4-5-15(12)22/h4-8,26-27H,3,10H2,1-2H3/b18-14-. The first-order chi connectivity index (χ1) is 14.6. The number of phenols is 1. The van der Waals surface area contributed by atoms with Crippen LogP contribution in [0.15, 0.2) is 35.9 Å². The van der Waals surface area contributed by atoms with Gasteiger partial charge in [-0.05, 0) is 31.2 Å². The number of carbonyl (C=O) groups excluding carboxylic acids is 1. The maximum atomic E-state index is 14.0. The number of amides is 1. The smallest absolute Gasteiger partial charge is 0.315 e. The highest BCUT2D eigenvalue weighted by Gasteiger charge is 2.26. The summed E-state index contributed by atoms with van der Waals surface area (Å²) >= 11 is 5.83. The summed E-state index contributed by atoms with van der Waals surface area (Å²) in [5.74, 6) is -3.52. The second-order valence-corrected chi connectivity index (χ2v) is 6.70. The van der Waals surface area contributed by atoms with Crippen LogP contribution in [0, 0.1) is 27.3 Å². The molecule has 0 aliphatic heterocycles. The number of hydrogen-bond acceptors (Lipinski definition) is 7. The van der Waals surface area contributed by atoms with Gasteiger partial charge >= 0.3 is 5.69 Å². The van der Waals surface area contributed by atoms with Crippen LogP contribution in [0.3, 0.4) is 0 Å². The number of nitro groups is 1. The van der Waals surface area contributed by atoms with E-state index in [1.165, 1.54) is 19.2 Å². The van der Waals surface area contributed by atoms with Crippen LogP contribution in [0.5, 0.6) is 11.5 Å². The number of aliphatic hydroxyl groups is 1. The molecule has 0 radical (unpaired) electrons. The molecule has 0 bridgehead atoms. The molecule has 0 unspecified atom stereocenters. The van der Waals surface area contributed by atoms with Crippen molar-refractivity contribution in [3.05, 3.63) is 68.0 Å². The lowest BCUT2D eigenvalue weighted by Crippen LogP contribution is -2.28. The van der Waals surface area contributed by atoms with E-state index >= 15 is 0 Å². The fourth-order valence-corrected chi connectivity index (χ4v) is 2.86. The quantitative estimate of drug-likeness (QED) is 0.214. The number of aromatic hydroxyl groups is 1. The highest BCUT2D eigenvalue weighted by atomic mass is 35.5. The number of aliphatic hydroxyl groups excluding tert-OH is 1. The van der Waals surface area contributed by atoms with E-state index in [-0.39, 0.29) is 35.1 Å². The average Bonchev–Trinajstić information content (AvgIpc) is 2.72. The van der Waals surface area contributed by atoms with Crippen LogP contribution in [0.1, 0.15) is 18.1 Å². The van der Waals surface area contributed by atoms with Gasteiger partial charge in [-0.3, -0.25) is 14.9 Å². The third kappa shape index (κ3) is 5.21. The monoisotopic (exact) mass is 449 g/mol. The summed E-state index contributed by atoms with van der Waals surface area (Å²) in [5, 5.41) is 41.3. The van der Waals surface area contributed by atoms with Crippen molar-refractivity contribution in [3.8, 4) is 17.6 Å². The van der Waals surface area contributed by atoms with Crippen molar-refractivity contribution in [2.75, 3.05) is 13.7 Å². The van der Waals surface area contributed by atoms with Crippen LogP contribution in [0.2, 0.25) is 5.02 Å². The summed E-state index contributed by atoms with van der Waals surface area (Å²) in [5.41, 5.74) is -1.74. The zero-order valence-corrected chi connectivity index (χ0v) is 17.2. The van der Waals surface area contributed by atoms with Crippen LogP contribution in [-0.2, 0) is 11.3 Å². The molecular weight excluding hydrogens is 433 g/mol. The third-order valence-electron chi connectivity index (χ3n) is 4.15. The molecule has 0 saturated heterocycles. The molecule has 0 aliphatic carbocycles. The van der Waals surface area contributed by atoms with E-state index in [9.17, 15) is 34.8 Å². The van der Waals surface area contributed by atoms with E-state index in [2.05, 4.69) is 0 Å². The summed E-state index contributed by atoms with van der Waals surface area (Å²) in [6, 6.07) is 7.18. The Labute approximate surface area is 181 Å². The molecule has 2 rings (SSSR count). The van der Waals surface area contributed by atoms with Crippen molar-refractivity contribution in [3.63, 3.8) is 0 Å². The van der Waals surface area contributed by atoms with Gasteiger partial charge in [-0.1, -0.05) is 11.6 Å². The molecule has 0 aromatic heterocycles. The van der Waals surface area contributed by atoms with E-state index in [0.29, 0.717) is 0 Å². The number of rotatable bonds is 7. The van der Waals surface area contributed by atoms with E-state index in [1.807, 2.05) is 0 Å². The predicted molar refractivity (Wildman–Crippen MR) is 109 cm³/mol. The maximum absolute atomic E-state index is 14.0. The summed E-state index contributed by atoms with van der Waals surface area (Å²) in [7, 11) is 1.28. The molecule has 11 heteroatoms. The number of halogens is 2. The SMILES string of the molecule is CCOc1cc(/C(O)=C(\C#N)C(=O)N(C)Cc2cc(Cl)ccc2F)cc([N+](=O)[O-])c1O. The van der Waals surface area contributed by atoms with Gasteiger partial charge in [-0.15, -0.1) is 0 Å². The summed E-state index contributed by atoms with van der Waals surface area (Å²) in [6.45, 7) is 1.36. The summed E-state index contributed by atoms with van der Waals surface area (Å²) in [4.78, 5) is 24.0. The molecule has 1 amide bonds. The van der Waals surface area contributed by atoms with E-state index in [4.69, 9.17) is 16.3 Å². The third-order valence-corrected chi connectivity index (χ3v) is 4.38. The lowest BCUT2D eigenvalue weighted by Gasteiger charge is -2.18. The van der Waals surface area contributed by atoms with Gasteiger partial charge in [0.15, 0.2) is 11.3 Å². The van der Waals surface area contributed by atoms with Crippen LogP contribution >= 0.6 is 11.6 Å². The number of phenolic OH excluding ortho intramolecular Hbond substituents is 1. The van der Waals surface area contributed by atoms with Gasteiger partial charge in [0.2, 0.25) is 5.75 Å². The van der Waals surface area contributed by atoms with Crippen molar-refractivity contribution in [1.29, 1.82) is 5.26 Å². The van der Waals surface area contributed by atoms with E-state index < -0.39 is 39.4 Å². The number of nitriles is 1. The van der Waals surface area contributed by atoms with Gasteiger partial charge in [0.1, 0.15) is 17.6 Å². The average molecular weight is 450 g/mol. The Morgan fingerprint density at radius 1 is 1.39 bits per heavy atom. The second-order valence-electron chi connectivity index (χ2n) is 6.26. The first-order valence-electron chi connectivity index (χ1n) is 8.77. The fourth-order valence-electron chi connectivity index (χ4n) is 2.66. The number of benzene rings is 2. The van der Waals surface area contributed by atoms with Crippen molar-refractivity contribution < 1.29 is 29.1 Å². The van der Waals surface area contributed by atoms with Crippen LogP contribution < -0.4 is 4.74 Å². The van der Waals surface area contributed by atoms with Crippen molar-refractivity contribution in [1.82, 2.24) is 4.90 Å². The predicted octanol–water partition coefficient (Wildman–Crippen LogP) is 3.94. The zero-order valence-electron chi connectivity index (χ0n) is 16.4. The molecule has 0 aliphatic rings. The number of ether oxygens (including phenoxy) is 1. The van der Waals surface area contributed by atoms with Crippen molar-refractivity contribution >= 4 is 29.0 Å². The van der Waals surface area contributed by atoms with E-state index in [1.54, 1.807) is 13.0 Å². The van der Waals surface area contributed by atoms with Crippen LogP contribution in [-0.4, -0.2) is 39.6 Å². The molecule has 0 atom stereocenters. The molecule has 0 heterocycles. The molecule has 0 spiro atoms. The van der Waals surface area contributed by atoms with Gasteiger partial charge in [-0.25, -0.2) is 4.39 Å². The molecule has 162 valence electrons. The normalized spacial score (nSPS) is 11.3. The maximum Gasteiger partial charge on any atom is 0.315 e. The van der Waals surface area contributed by atoms with Crippen LogP contribution in [0.4, 0.5) is 10.1 Å². The number of nitrogens with zero attached hydrogens (tertiary/aromatic N) is 3. The molecular formula is C20H17ClFN3O6. The molecule has 31 heavy (non-hydrogen) atoms. The number of nitro benzene ring substituents is 1. The molecule has 9 nitrogen and oxygen atoms in total. The van der Waals surface area contributed by atoms with Gasteiger partial charge in [0, 0.05) is 35.8 Å². The number of hydrogen-bond donors (Lipinski definition) is 2. The van der Waals surface area contributed by atoms with Crippen LogP contribution in [0.25, 0.3) is 5.76 Å². The topological polar surface area (TPSA) is 137 Å². The Kier molecular flexibility index (Phi) is 7.39. The Hall–Kier alpha value is -3.84. The largest absolute Gasteiger partial charge is 0.506 e. The minimum absolute atomic E-state index is 0.0522. The van der Waals surface area contributed by atoms with Gasteiger partial charge in [0.05, 0.1) is 11.5 Å². The Morgan fingerprint density at radius 2 is 2.06 bits per heavy atom. The highest BCUT2D eigenvalue weighted by Crippen LogP contribution is 2.39. The fraction of sp³-hybridized carbons (Fsp3) is 0.200. The molecule has 2 aromatic rings. The zero-order chi connectivity index (χ0) is 23.3. The Balaban J connectivity index is 2.48.